The van der Waals surface area contributed by atoms with E-state index in [1.165, 1.54) is 0 Å². The van der Waals surface area contributed by atoms with E-state index in [1.54, 1.807) is 6.26 Å². The van der Waals surface area contributed by atoms with Gasteiger partial charge in [0.15, 0.2) is 5.78 Å². The fraction of sp³-hybridized carbons (Fsp3) is 0.500. The zero-order valence-corrected chi connectivity index (χ0v) is 10.6. The molecule has 2 rings (SSSR count). The lowest BCUT2D eigenvalue weighted by molar-refractivity contribution is 0.0966. The van der Waals surface area contributed by atoms with E-state index in [-0.39, 0.29) is 5.78 Å². The Balaban J connectivity index is 2.76. The van der Waals surface area contributed by atoms with Gasteiger partial charge in [-0.3, -0.25) is 9.00 Å². The van der Waals surface area contributed by atoms with E-state index in [9.17, 15) is 9.00 Å². The lowest BCUT2D eigenvalue weighted by Gasteiger charge is -2.19. The number of fused-ring (bicyclic) bond motifs is 1. The van der Waals surface area contributed by atoms with Crippen LogP contribution in [0.3, 0.4) is 0 Å². The molecular weight excluding hydrogens is 222 g/mol. The molecule has 3 nitrogen and oxygen atoms in total. The molecule has 0 saturated carbocycles. The van der Waals surface area contributed by atoms with Crippen molar-refractivity contribution >= 4 is 16.6 Å². The molecule has 0 radical (unpaired) electrons. The van der Waals surface area contributed by atoms with Crippen LogP contribution in [0.4, 0.5) is 0 Å². The summed E-state index contributed by atoms with van der Waals surface area (Å²) in [4.78, 5) is 16.9. The summed E-state index contributed by atoms with van der Waals surface area (Å²) in [6.45, 7) is 3.80. The summed E-state index contributed by atoms with van der Waals surface area (Å²) in [5, 5.41) is 0. The summed E-state index contributed by atoms with van der Waals surface area (Å²) in [5.41, 5.74) is 3.26. The van der Waals surface area contributed by atoms with Crippen molar-refractivity contribution in [1.82, 2.24) is 4.98 Å². The number of hydrogen-bond donors (Lipinski definition) is 0. The monoisotopic (exact) mass is 237 g/mol. The van der Waals surface area contributed by atoms with Crippen LogP contribution in [0.2, 0.25) is 0 Å². The third-order valence-electron chi connectivity index (χ3n) is 3.10. The van der Waals surface area contributed by atoms with Gasteiger partial charge in [-0.2, -0.15) is 0 Å². The average molecular weight is 237 g/mol. The molecule has 1 atom stereocenters. The van der Waals surface area contributed by atoms with E-state index in [1.807, 2.05) is 13.8 Å². The summed E-state index contributed by atoms with van der Waals surface area (Å²) in [6, 6.07) is 0. The Morgan fingerprint density at radius 1 is 1.25 bits per heavy atom. The lowest BCUT2D eigenvalue weighted by atomic mass is 9.93. The topological polar surface area (TPSA) is 47.0 Å². The molecule has 0 saturated heterocycles. The van der Waals surface area contributed by atoms with Crippen LogP contribution >= 0.6 is 0 Å². The second-order valence-electron chi connectivity index (χ2n) is 4.21. The maximum absolute atomic E-state index is 11.8. The zero-order chi connectivity index (χ0) is 11.9. The minimum atomic E-state index is -1.05. The minimum Gasteiger partial charge on any atom is -0.292 e. The summed E-state index contributed by atoms with van der Waals surface area (Å²) >= 11 is 0. The molecule has 0 amide bonds. The highest BCUT2D eigenvalue weighted by Crippen LogP contribution is 2.28. The SMILES string of the molecule is Cc1nc2c(c(S(C)=O)c1C)CCCC2=O. The molecule has 1 aliphatic rings. The number of ketones is 1. The van der Waals surface area contributed by atoms with Gasteiger partial charge in [0.1, 0.15) is 5.69 Å². The third-order valence-corrected chi connectivity index (χ3v) is 4.23. The van der Waals surface area contributed by atoms with Crippen LogP contribution < -0.4 is 0 Å². The standard InChI is InChI=1S/C12H15NO2S/c1-7-8(2)13-11-9(12(7)16(3)15)5-4-6-10(11)14/h4-6H2,1-3H3. The van der Waals surface area contributed by atoms with Crippen molar-refractivity contribution in [2.75, 3.05) is 6.26 Å². The molecular formula is C12H15NO2S. The first-order valence-corrected chi connectivity index (χ1v) is 6.95. The number of carbonyl (C=O) groups excluding carboxylic acids is 1. The summed E-state index contributed by atoms with van der Waals surface area (Å²) in [7, 11) is -1.05. The number of nitrogens with zero attached hydrogens (tertiary/aromatic N) is 1. The molecule has 1 heterocycles. The predicted molar refractivity (Wildman–Crippen MR) is 63.3 cm³/mol. The van der Waals surface area contributed by atoms with Crippen LogP contribution in [0.5, 0.6) is 0 Å². The molecule has 1 unspecified atom stereocenters. The number of rotatable bonds is 1. The zero-order valence-electron chi connectivity index (χ0n) is 9.79. The van der Waals surface area contributed by atoms with Gasteiger partial charge in [0.2, 0.25) is 0 Å². The fourth-order valence-electron chi connectivity index (χ4n) is 2.21. The van der Waals surface area contributed by atoms with Gasteiger partial charge in [-0.15, -0.1) is 0 Å². The molecule has 86 valence electrons. The molecule has 1 aliphatic carbocycles. The van der Waals surface area contributed by atoms with E-state index >= 15 is 0 Å². The van der Waals surface area contributed by atoms with E-state index in [4.69, 9.17) is 0 Å². The lowest BCUT2D eigenvalue weighted by Crippen LogP contribution is -2.18. The highest BCUT2D eigenvalue weighted by atomic mass is 32.2. The Bertz CT molecular complexity index is 494. The van der Waals surface area contributed by atoms with Crippen molar-refractivity contribution in [2.45, 2.75) is 38.0 Å². The number of pyridine rings is 1. The van der Waals surface area contributed by atoms with Crippen LogP contribution in [0.15, 0.2) is 4.90 Å². The Labute approximate surface area is 97.7 Å². The van der Waals surface area contributed by atoms with Gasteiger partial charge < -0.3 is 0 Å². The van der Waals surface area contributed by atoms with Crippen LogP contribution in [0.25, 0.3) is 0 Å². The Morgan fingerprint density at radius 3 is 2.56 bits per heavy atom. The first-order valence-electron chi connectivity index (χ1n) is 5.39. The first kappa shape index (κ1) is 11.5. The summed E-state index contributed by atoms with van der Waals surface area (Å²) in [5.74, 6) is 0.0936. The smallest absolute Gasteiger partial charge is 0.181 e. The van der Waals surface area contributed by atoms with Crippen molar-refractivity contribution < 1.29 is 9.00 Å². The number of aromatic nitrogens is 1. The molecule has 0 spiro atoms. The van der Waals surface area contributed by atoms with Gasteiger partial charge in [0.05, 0.1) is 10.8 Å². The van der Waals surface area contributed by atoms with Crippen molar-refractivity contribution in [3.63, 3.8) is 0 Å². The Kier molecular flexibility index (Phi) is 2.93. The second-order valence-corrected chi connectivity index (χ2v) is 5.53. The van der Waals surface area contributed by atoms with E-state index < -0.39 is 10.8 Å². The van der Waals surface area contributed by atoms with Gasteiger partial charge in [0.25, 0.3) is 0 Å². The largest absolute Gasteiger partial charge is 0.292 e. The fourth-order valence-corrected chi connectivity index (χ4v) is 3.34. The molecule has 0 N–H and O–H groups in total. The van der Waals surface area contributed by atoms with E-state index in [0.717, 1.165) is 34.6 Å². The molecule has 0 aliphatic heterocycles. The highest BCUT2D eigenvalue weighted by Gasteiger charge is 2.25. The van der Waals surface area contributed by atoms with E-state index in [0.29, 0.717) is 12.1 Å². The molecule has 16 heavy (non-hydrogen) atoms. The summed E-state index contributed by atoms with van der Waals surface area (Å²) in [6.07, 6.45) is 3.91. The van der Waals surface area contributed by atoms with Crippen LogP contribution in [0, 0.1) is 13.8 Å². The first-order chi connectivity index (χ1) is 7.52. The van der Waals surface area contributed by atoms with Gasteiger partial charge in [-0.25, -0.2) is 4.98 Å². The third kappa shape index (κ3) is 1.71. The number of carbonyl (C=O) groups is 1. The molecule has 0 aromatic carbocycles. The molecule has 4 heteroatoms. The van der Waals surface area contributed by atoms with Gasteiger partial charge in [-0.1, -0.05) is 0 Å². The Hall–Kier alpha value is -1.03. The van der Waals surface area contributed by atoms with Crippen molar-refractivity contribution in [3.8, 4) is 0 Å². The van der Waals surface area contributed by atoms with Crippen molar-refractivity contribution in [1.29, 1.82) is 0 Å². The number of aryl methyl sites for hydroxylation is 1. The highest BCUT2D eigenvalue weighted by molar-refractivity contribution is 7.84. The van der Waals surface area contributed by atoms with Crippen molar-refractivity contribution in [2.24, 2.45) is 0 Å². The summed E-state index contributed by atoms with van der Waals surface area (Å²) < 4.78 is 11.8. The molecule has 0 fully saturated rings. The van der Waals surface area contributed by atoms with Crippen molar-refractivity contribution in [3.05, 3.63) is 22.5 Å². The van der Waals surface area contributed by atoms with Crippen LogP contribution in [0.1, 0.15) is 40.2 Å². The van der Waals surface area contributed by atoms with Gasteiger partial charge in [-0.05, 0) is 37.8 Å². The quantitative estimate of drug-likeness (QED) is 0.750. The maximum atomic E-state index is 11.8. The van der Waals surface area contributed by atoms with Crippen LogP contribution in [-0.4, -0.2) is 21.2 Å². The minimum absolute atomic E-state index is 0.0936. The number of hydrogen-bond acceptors (Lipinski definition) is 3. The van der Waals surface area contributed by atoms with Gasteiger partial charge in [0, 0.05) is 23.3 Å². The average Bonchev–Trinajstić information content (AvgIpc) is 2.21. The Morgan fingerprint density at radius 2 is 1.94 bits per heavy atom. The van der Waals surface area contributed by atoms with Gasteiger partial charge >= 0.3 is 0 Å². The maximum Gasteiger partial charge on any atom is 0.181 e. The molecule has 0 bridgehead atoms. The molecule has 1 aromatic heterocycles. The molecule has 1 aromatic rings. The van der Waals surface area contributed by atoms with E-state index in [2.05, 4.69) is 4.98 Å². The van der Waals surface area contributed by atoms with Crippen LogP contribution in [-0.2, 0) is 17.2 Å². The predicted octanol–water partition coefficient (Wildman–Crippen LogP) is 1.95. The number of Topliss-reactive ketones (excluding diaryl/α,β-unsaturated/α-hetero) is 1. The normalized spacial score (nSPS) is 17.1. The second kappa shape index (κ2) is 4.09.